The first kappa shape index (κ1) is 10.3. The standard InChI is InChI=1S/C9H12N6O/c1-6-13-8(15-14-6)2-3-10-9(16)7-4-11-12-5-7/h4-5H,2-3H2,1H3,(H,10,16)(H,11,12)(H,13,14,15). The number of hydrogen-bond donors (Lipinski definition) is 3. The summed E-state index contributed by atoms with van der Waals surface area (Å²) in [6.07, 6.45) is 3.63. The summed E-state index contributed by atoms with van der Waals surface area (Å²) in [6, 6.07) is 0. The first-order valence-corrected chi connectivity index (χ1v) is 4.90. The van der Waals surface area contributed by atoms with E-state index in [0.717, 1.165) is 5.82 Å². The van der Waals surface area contributed by atoms with Crippen LogP contribution in [0.5, 0.6) is 0 Å². The van der Waals surface area contributed by atoms with Gasteiger partial charge in [0.05, 0.1) is 11.8 Å². The number of nitrogens with one attached hydrogen (secondary N) is 3. The van der Waals surface area contributed by atoms with Crippen LogP contribution >= 0.6 is 0 Å². The van der Waals surface area contributed by atoms with Gasteiger partial charge in [-0.3, -0.25) is 15.0 Å². The molecule has 2 aromatic rings. The Kier molecular flexibility index (Phi) is 2.95. The molecular formula is C9H12N6O. The number of amides is 1. The lowest BCUT2D eigenvalue weighted by Crippen LogP contribution is -2.25. The smallest absolute Gasteiger partial charge is 0.254 e. The number of aromatic amines is 2. The summed E-state index contributed by atoms with van der Waals surface area (Å²) in [6.45, 7) is 2.34. The average Bonchev–Trinajstić information content (AvgIpc) is 2.89. The molecule has 0 bridgehead atoms. The van der Waals surface area contributed by atoms with Crippen molar-refractivity contribution in [1.82, 2.24) is 30.7 Å². The van der Waals surface area contributed by atoms with Crippen molar-refractivity contribution in [2.24, 2.45) is 0 Å². The zero-order valence-corrected chi connectivity index (χ0v) is 8.82. The molecular weight excluding hydrogens is 208 g/mol. The van der Waals surface area contributed by atoms with Gasteiger partial charge in [-0.1, -0.05) is 0 Å². The van der Waals surface area contributed by atoms with Crippen LogP contribution in [-0.4, -0.2) is 37.8 Å². The fraction of sp³-hybridized carbons (Fsp3) is 0.333. The third-order valence-corrected chi connectivity index (χ3v) is 2.04. The maximum Gasteiger partial charge on any atom is 0.254 e. The first-order valence-electron chi connectivity index (χ1n) is 4.90. The second-order valence-electron chi connectivity index (χ2n) is 3.33. The number of hydrogen-bond acceptors (Lipinski definition) is 4. The van der Waals surface area contributed by atoms with Gasteiger partial charge in [0.25, 0.3) is 5.91 Å². The number of rotatable bonds is 4. The van der Waals surface area contributed by atoms with Gasteiger partial charge in [-0.05, 0) is 6.92 Å². The molecule has 0 spiro atoms. The topological polar surface area (TPSA) is 99.3 Å². The van der Waals surface area contributed by atoms with Crippen molar-refractivity contribution in [2.45, 2.75) is 13.3 Å². The second-order valence-corrected chi connectivity index (χ2v) is 3.33. The van der Waals surface area contributed by atoms with Crippen molar-refractivity contribution in [3.63, 3.8) is 0 Å². The van der Waals surface area contributed by atoms with Crippen LogP contribution in [0, 0.1) is 6.92 Å². The van der Waals surface area contributed by atoms with Crippen LogP contribution in [0.3, 0.4) is 0 Å². The molecule has 7 heteroatoms. The van der Waals surface area contributed by atoms with Crippen LogP contribution < -0.4 is 5.32 Å². The highest BCUT2D eigenvalue weighted by Gasteiger charge is 2.06. The second kappa shape index (κ2) is 4.56. The van der Waals surface area contributed by atoms with Gasteiger partial charge in [-0.15, -0.1) is 0 Å². The average molecular weight is 220 g/mol. The number of aromatic nitrogens is 5. The monoisotopic (exact) mass is 220 g/mol. The summed E-state index contributed by atoms with van der Waals surface area (Å²) >= 11 is 0. The van der Waals surface area contributed by atoms with E-state index in [0.29, 0.717) is 24.4 Å². The number of H-pyrrole nitrogens is 2. The minimum Gasteiger partial charge on any atom is -0.351 e. The summed E-state index contributed by atoms with van der Waals surface area (Å²) in [5.74, 6) is 1.32. The molecule has 2 rings (SSSR count). The third kappa shape index (κ3) is 2.44. The highest BCUT2D eigenvalue weighted by Crippen LogP contribution is 1.94. The van der Waals surface area contributed by atoms with E-state index < -0.39 is 0 Å². The van der Waals surface area contributed by atoms with Crippen LogP contribution in [-0.2, 0) is 6.42 Å². The lowest BCUT2D eigenvalue weighted by atomic mass is 10.3. The van der Waals surface area contributed by atoms with E-state index in [1.807, 2.05) is 6.92 Å². The maximum absolute atomic E-state index is 11.5. The van der Waals surface area contributed by atoms with Crippen molar-refractivity contribution in [3.8, 4) is 0 Å². The number of carbonyl (C=O) groups is 1. The molecule has 0 aromatic carbocycles. The molecule has 0 saturated carbocycles. The van der Waals surface area contributed by atoms with E-state index in [4.69, 9.17) is 0 Å². The summed E-state index contributed by atoms with van der Waals surface area (Å²) in [4.78, 5) is 15.6. The van der Waals surface area contributed by atoms with Crippen LogP contribution in [0.2, 0.25) is 0 Å². The largest absolute Gasteiger partial charge is 0.351 e. The molecule has 0 radical (unpaired) electrons. The quantitative estimate of drug-likeness (QED) is 0.664. The molecule has 0 aliphatic carbocycles. The molecule has 16 heavy (non-hydrogen) atoms. The summed E-state index contributed by atoms with van der Waals surface area (Å²) in [5, 5.41) is 15.7. The SMILES string of the molecule is Cc1nc(CCNC(=O)c2cn[nH]c2)n[nH]1. The van der Waals surface area contributed by atoms with Crippen molar-refractivity contribution < 1.29 is 4.79 Å². The maximum atomic E-state index is 11.5. The van der Waals surface area contributed by atoms with Crippen molar-refractivity contribution in [1.29, 1.82) is 0 Å². The van der Waals surface area contributed by atoms with Gasteiger partial charge in [0.1, 0.15) is 5.82 Å². The lowest BCUT2D eigenvalue weighted by molar-refractivity contribution is 0.0954. The van der Waals surface area contributed by atoms with Crippen molar-refractivity contribution >= 4 is 5.91 Å². The Hall–Kier alpha value is -2.18. The number of carbonyl (C=O) groups excluding carboxylic acids is 1. The Labute approximate surface area is 91.7 Å². The number of nitrogens with zero attached hydrogens (tertiary/aromatic N) is 3. The van der Waals surface area contributed by atoms with Crippen LogP contribution in [0.1, 0.15) is 22.0 Å². The van der Waals surface area contributed by atoms with E-state index >= 15 is 0 Å². The van der Waals surface area contributed by atoms with E-state index in [-0.39, 0.29) is 5.91 Å². The van der Waals surface area contributed by atoms with Crippen LogP contribution in [0.25, 0.3) is 0 Å². The molecule has 0 atom stereocenters. The predicted octanol–water partition coefficient (Wildman–Crippen LogP) is -0.191. The fourth-order valence-electron chi connectivity index (χ4n) is 1.27. The zero-order valence-electron chi connectivity index (χ0n) is 8.82. The van der Waals surface area contributed by atoms with Gasteiger partial charge < -0.3 is 5.32 Å². The molecule has 2 heterocycles. The Morgan fingerprint density at radius 2 is 2.44 bits per heavy atom. The normalized spacial score (nSPS) is 10.3. The van der Waals surface area contributed by atoms with Gasteiger partial charge in [0.15, 0.2) is 5.82 Å². The summed E-state index contributed by atoms with van der Waals surface area (Å²) in [7, 11) is 0. The van der Waals surface area contributed by atoms with Gasteiger partial charge >= 0.3 is 0 Å². The predicted molar refractivity (Wildman–Crippen MR) is 55.7 cm³/mol. The molecule has 0 unspecified atom stereocenters. The van der Waals surface area contributed by atoms with E-state index in [2.05, 4.69) is 30.7 Å². The minimum atomic E-state index is -0.152. The fourth-order valence-corrected chi connectivity index (χ4v) is 1.27. The minimum absolute atomic E-state index is 0.152. The van der Waals surface area contributed by atoms with Gasteiger partial charge in [0, 0.05) is 19.2 Å². The molecule has 7 nitrogen and oxygen atoms in total. The van der Waals surface area contributed by atoms with E-state index in [9.17, 15) is 4.79 Å². The molecule has 0 fully saturated rings. The highest BCUT2D eigenvalue weighted by atomic mass is 16.1. The van der Waals surface area contributed by atoms with Crippen molar-refractivity contribution in [2.75, 3.05) is 6.54 Å². The molecule has 1 amide bonds. The van der Waals surface area contributed by atoms with Gasteiger partial charge in [0.2, 0.25) is 0 Å². The summed E-state index contributed by atoms with van der Waals surface area (Å²) < 4.78 is 0. The Balaban J connectivity index is 1.78. The highest BCUT2D eigenvalue weighted by molar-refractivity contribution is 5.93. The Morgan fingerprint density at radius 1 is 1.56 bits per heavy atom. The molecule has 0 aliphatic heterocycles. The van der Waals surface area contributed by atoms with Crippen LogP contribution in [0.15, 0.2) is 12.4 Å². The third-order valence-electron chi connectivity index (χ3n) is 2.04. The molecule has 3 N–H and O–H groups in total. The van der Waals surface area contributed by atoms with Crippen molar-refractivity contribution in [3.05, 3.63) is 29.6 Å². The lowest BCUT2D eigenvalue weighted by Gasteiger charge is -2.00. The van der Waals surface area contributed by atoms with Gasteiger partial charge in [-0.25, -0.2) is 4.98 Å². The zero-order chi connectivity index (χ0) is 11.4. The Bertz CT molecular complexity index is 460. The molecule has 84 valence electrons. The van der Waals surface area contributed by atoms with Gasteiger partial charge in [-0.2, -0.15) is 10.2 Å². The summed E-state index contributed by atoms with van der Waals surface area (Å²) in [5.41, 5.74) is 0.520. The van der Waals surface area contributed by atoms with Crippen LogP contribution in [0.4, 0.5) is 0 Å². The first-order chi connectivity index (χ1) is 7.75. The van der Waals surface area contributed by atoms with E-state index in [1.54, 1.807) is 6.20 Å². The molecule has 0 saturated heterocycles. The Morgan fingerprint density at radius 3 is 3.06 bits per heavy atom. The number of aryl methyl sites for hydroxylation is 1. The molecule has 2 aromatic heterocycles. The van der Waals surface area contributed by atoms with E-state index in [1.165, 1.54) is 6.20 Å². The molecule has 0 aliphatic rings.